The minimum absolute atomic E-state index is 0.139. The van der Waals surface area contributed by atoms with Gasteiger partial charge in [0, 0.05) is 38.0 Å². The van der Waals surface area contributed by atoms with Crippen LogP contribution in [0.1, 0.15) is 32.8 Å². The molecule has 19 heavy (non-hydrogen) atoms. The van der Waals surface area contributed by atoms with Crippen LogP contribution in [0.25, 0.3) is 0 Å². The topological polar surface area (TPSA) is 37.4 Å². The molecule has 0 bridgehead atoms. The zero-order valence-corrected chi connectivity index (χ0v) is 12.3. The first-order chi connectivity index (χ1) is 9.04. The molecule has 1 fully saturated rings. The molecule has 1 aliphatic heterocycles. The van der Waals surface area contributed by atoms with E-state index in [0.29, 0.717) is 0 Å². The summed E-state index contributed by atoms with van der Waals surface area (Å²) in [6.45, 7) is 11.0. The standard InChI is InChI=1S/C15H25N3O/c1-15(2,3)17-12-13-5-6-16-14(11-13)18-7-4-9-19-10-8-18/h5-6,11,17H,4,7-10,12H2,1-3H3. The van der Waals surface area contributed by atoms with Gasteiger partial charge in [-0.3, -0.25) is 0 Å². The minimum Gasteiger partial charge on any atom is -0.380 e. The fourth-order valence-corrected chi connectivity index (χ4v) is 2.09. The van der Waals surface area contributed by atoms with E-state index in [9.17, 15) is 0 Å². The van der Waals surface area contributed by atoms with E-state index in [1.807, 2.05) is 6.20 Å². The molecule has 0 saturated carbocycles. The van der Waals surface area contributed by atoms with Gasteiger partial charge in [-0.1, -0.05) is 0 Å². The predicted molar refractivity (Wildman–Crippen MR) is 78.5 cm³/mol. The first-order valence-corrected chi connectivity index (χ1v) is 7.07. The number of aromatic nitrogens is 1. The van der Waals surface area contributed by atoms with Crippen molar-refractivity contribution in [2.45, 2.75) is 39.3 Å². The van der Waals surface area contributed by atoms with E-state index in [4.69, 9.17) is 4.74 Å². The third kappa shape index (κ3) is 4.80. The summed E-state index contributed by atoms with van der Waals surface area (Å²) in [6, 6.07) is 4.26. The lowest BCUT2D eigenvalue weighted by Gasteiger charge is -2.23. The largest absolute Gasteiger partial charge is 0.380 e. The number of ether oxygens (including phenoxy) is 1. The van der Waals surface area contributed by atoms with Crippen molar-refractivity contribution < 1.29 is 4.74 Å². The van der Waals surface area contributed by atoms with E-state index in [2.05, 4.69) is 48.1 Å². The van der Waals surface area contributed by atoms with Crippen LogP contribution in [0.3, 0.4) is 0 Å². The maximum atomic E-state index is 5.49. The van der Waals surface area contributed by atoms with Crippen molar-refractivity contribution in [3.05, 3.63) is 23.9 Å². The molecule has 0 aliphatic carbocycles. The lowest BCUT2D eigenvalue weighted by Crippen LogP contribution is -2.35. The second-order valence-corrected chi connectivity index (χ2v) is 6.08. The van der Waals surface area contributed by atoms with E-state index in [1.165, 1.54) is 5.56 Å². The van der Waals surface area contributed by atoms with Crippen molar-refractivity contribution in [3.8, 4) is 0 Å². The average molecular weight is 263 g/mol. The third-order valence-electron chi connectivity index (χ3n) is 3.18. The van der Waals surface area contributed by atoms with Crippen molar-refractivity contribution in [2.75, 3.05) is 31.2 Å². The Morgan fingerprint density at radius 2 is 2.16 bits per heavy atom. The molecule has 0 aromatic carbocycles. The molecule has 0 radical (unpaired) electrons. The summed E-state index contributed by atoms with van der Waals surface area (Å²) < 4.78 is 5.49. The van der Waals surface area contributed by atoms with Crippen molar-refractivity contribution in [2.24, 2.45) is 0 Å². The molecular formula is C15H25N3O. The van der Waals surface area contributed by atoms with Crippen LogP contribution in [0.2, 0.25) is 0 Å². The molecule has 1 saturated heterocycles. The SMILES string of the molecule is CC(C)(C)NCc1ccnc(N2CCCOCC2)c1. The number of hydrogen-bond acceptors (Lipinski definition) is 4. The molecule has 0 unspecified atom stereocenters. The van der Waals surface area contributed by atoms with Crippen LogP contribution < -0.4 is 10.2 Å². The van der Waals surface area contributed by atoms with Gasteiger partial charge in [-0.25, -0.2) is 4.98 Å². The number of anilines is 1. The highest BCUT2D eigenvalue weighted by molar-refractivity contribution is 5.41. The Kier molecular flexibility index (Phi) is 4.77. The maximum absolute atomic E-state index is 5.49. The molecule has 0 amide bonds. The maximum Gasteiger partial charge on any atom is 0.128 e. The van der Waals surface area contributed by atoms with Crippen molar-refractivity contribution in [1.29, 1.82) is 0 Å². The van der Waals surface area contributed by atoms with E-state index < -0.39 is 0 Å². The highest BCUT2D eigenvalue weighted by atomic mass is 16.5. The Morgan fingerprint density at radius 1 is 1.32 bits per heavy atom. The molecule has 2 heterocycles. The molecule has 1 aliphatic rings. The summed E-state index contributed by atoms with van der Waals surface area (Å²) in [5.74, 6) is 1.07. The Balaban J connectivity index is 2.01. The van der Waals surface area contributed by atoms with Gasteiger partial charge in [0.2, 0.25) is 0 Å². The summed E-state index contributed by atoms with van der Waals surface area (Å²) in [5.41, 5.74) is 1.42. The van der Waals surface area contributed by atoms with E-state index >= 15 is 0 Å². The van der Waals surface area contributed by atoms with Crippen LogP contribution in [-0.4, -0.2) is 36.8 Å². The van der Waals surface area contributed by atoms with E-state index in [-0.39, 0.29) is 5.54 Å². The van der Waals surface area contributed by atoms with Gasteiger partial charge in [-0.2, -0.15) is 0 Å². The van der Waals surface area contributed by atoms with Crippen LogP contribution in [0.4, 0.5) is 5.82 Å². The molecule has 0 spiro atoms. The Bertz CT molecular complexity index is 393. The van der Waals surface area contributed by atoms with Gasteiger partial charge in [-0.05, 0) is 44.9 Å². The monoisotopic (exact) mass is 263 g/mol. The molecular weight excluding hydrogens is 238 g/mol. The fraction of sp³-hybridized carbons (Fsp3) is 0.667. The summed E-state index contributed by atoms with van der Waals surface area (Å²) in [7, 11) is 0. The predicted octanol–water partition coefficient (Wildman–Crippen LogP) is 2.20. The van der Waals surface area contributed by atoms with Gasteiger partial charge in [0.1, 0.15) is 5.82 Å². The fourth-order valence-electron chi connectivity index (χ4n) is 2.09. The van der Waals surface area contributed by atoms with Crippen LogP contribution >= 0.6 is 0 Å². The van der Waals surface area contributed by atoms with Gasteiger partial charge in [0.25, 0.3) is 0 Å². The molecule has 106 valence electrons. The molecule has 1 aromatic heterocycles. The van der Waals surface area contributed by atoms with Crippen LogP contribution in [0.5, 0.6) is 0 Å². The Morgan fingerprint density at radius 3 is 2.95 bits per heavy atom. The summed E-state index contributed by atoms with van der Waals surface area (Å²) >= 11 is 0. The number of nitrogens with one attached hydrogen (secondary N) is 1. The minimum atomic E-state index is 0.139. The lowest BCUT2D eigenvalue weighted by atomic mass is 10.1. The zero-order chi connectivity index (χ0) is 13.7. The van der Waals surface area contributed by atoms with Crippen LogP contribution in [-0.2, 0) is 11.3 Å². The molecule has 0 atom stereocenters. The first kappa shape index (κ1) is 14.3. The molecule has 1 N–H and O–H groups in total. The Hall–Kier alpha value is -1.13. The van der Waals surface area contributed by atoms with Gasteiger partial charge in [0.05, 0.1) is 6.61 Å². The molecule has 2 rings (SSSR count). The second-order valence-electron chi connectivity index (χ2n) is 6.08. The van der Waals surface area contributed by atoms with Gasteiger partial charge >= 0.3 is 0 Å². The van der Waals surface area contributed by atoms with Gasteiger partial charge in [-0.15, -0.1) is 0 Å². The van der Waals surface area contributed by atoms with Crippen molar-refractivity contribution >= 4 is 5.82 Å². The van der Waals surface area contributed by atoms with Crippen LogP contribution in [0, 0.1) is 0 Å². The second kappa shape index (κ2) is 6.35. The zero-order valence-electron chi connectivity index (χ0n) is 12.3. The quantitative estimate of drug-likeness (QED) is 0.907. The number of hydrogen-bond donors (Lipinski definition) is 1. The van der Waals surface area contributed by atoms with Gasteiger partial charge in [0.15, 0.2) is 0 Å². The highest BCUT2D eigenvalue weighted by Crippen LogP contribution is 2.15. The highest BCUT2D eigenvalue weighted by Gasteiger charge is 2.12. The summed E-state index contributed by atoms with van der Waals surface area (Å²) in [6.07, 6.45) is 2.98. The number of nitrogens with zero attached hydrogens (tertiary/aromatic N) is 2. The average Bonchev–Trinajstić information content (AvgIpc) is 2.65. The van der Waals surface area contributed by atoms with E-state index in [1.54, 1.807) is 0 Å². The van der Waals surface area contributed by atoms with Crippen molar-refractivity contribution in [3.63, 3.8) is 0 Å². The Labute approximate surface area is 116 Å². The lowest BCUT2D eigenvalue weighted by molar-refractivity contribution is 0.152. The van der Waals surface area contributed by atoms with Crippen LogP contribution in [0.15, 0.2) is 18.3 Å². The number of rotatable bonds is 3. The third-order valence-corrected chi connectivity index (χ3v) is 3.18. The molecule has 4 heteroatoms. The summed E-state index contributed by atoms with van der Waals surface area (Å²) in [4.78, 5) is 6.80. The first-order valence-electron chi connectivity index (χ1n) is 7.07. The smallest absolute Gasteiger partial charge is 0.128 e. The molecule has 1 aromatic rings. The number of pyridine rings is 1. The normalized spacial score (nSPS) is 17.3. The van der Waals surface area contributed by atoms with Gasteiger partial charge < -0.3 is 15.0 Å². The van der Waals surface area contributed by atoms with Crippen molar-refractivity contribution in [1.82, 2.24) is 10.3 Å². The summed E-state index contributed by atoms with van der Waals surface area (Å²) in [5, 5.41) is 3.51. The van der Waals surface area contributed by atoms with E-state index in [0.717, 1.165) is 45.1 Å². The molecule has 4 nitrogen and oxygen atoms in total.